The standard InChI is InChI=1S/C25H23F3N4O3/c1-35-22-10-9-21(30-31-22)17-3-2-4-18(15-17)24(34)32-13-11-20(12-14-32)29-23(33)16-5-7-19(8-6-16)25(26,27)28/h2-10,15,20H,11-14H2,1H3,(H,29,33). The summed E-state index contributed by atoms with van der Waals surface area (Å²) in [5, 5.41) is 10.9. The number of carbonyl (C=O) groups is 2. The van der Waals surface area contributed by atoms with Crippen LogP contribution < -0.4 is 10.1 Å². The lowest BCUT2D eigenvalue weighted by Crippen LogP contribution is -2.46. The molecule has 35 heavy (non-hydrogen) atoms. The molecule has 7 nitrogen and oxygen atoms in total. The van der Waals surface area contributed by atoms with Gasteiger partial charge in [-0.3, -0.25) is 9.59 Å². The van der Waals surface area contributed by atoms with Crippen LogP contribution in [0.4, 0.5) is 13.2 Å². The molecule has 182 valence electrons. The average molecular weight is 484 g/mol. The van der Waals surface area contributed by atoms with Crippen molar-refractivity contribution in [2.24, 2.45) is 0 Å². The number of likely N-dealkylation sites (tertiary alicyclic amines) is 1. The van der Waals surface area contributed by atoms with E-state index in [1.165, 1.54) is 7.11 Å². The van der Waals surface area contributed by atoms with Gasteiger partial charge in [-0.1, -0.05) is 12.1 Å². The molecule has 0 aliphatic carbocycles. The van der Waals surface area contributed by atoms with E-state index in [1.807, 2.05) is 6.07 Å². The summed E-state index contributed by atoms with van der Waals surface area (Å²) in [5.74, 6) is -0.160. The Morgan fingerprint density at radius 1 is 0.971 bits per heavy atom. The van der Waals surface area contributed by atoms with Gasteiger partial charge in [-0.25, -0.2) is 0 Å². The molecule has 1 aromatic heterocycles. The van der Waals surface area contributed by atoms with E-state index in [4.69, 9.17) is 4.74 Å². The Balaban J connectivity index is 1.34. The van der Waals surface area contributed by atoms with Gasteiger partial charge in [-0.15, -0.1) is 10.2 Å². The molecule has 0 spiro atoms. The molecule has 0 atom stereocenters. The van der Waals surface area contributed by atoms with Crippen molar-refractivity contribution >= 4 is 11.8 Å². The number of nitrogens with one attached hydrogen (secondary N) is 1. The van der Waals surface area contributed by atoms with Crippen LogP contribution in [0.5, 0.6) is 5.88 Å². The highest BCUT2D eigenvalue weighted by Crippen LogP contribution is 2.29. The molecule has 1 N–H and O–H groups in total. The number of ether oxygens (including phenoxy) is 1. The number of aromatic nitrogens is 2. The summed E-state index contributed by atoms with van der Waals surface area (Å²) in [6.45, 7) is 0.896. The van der Waals surface area contributed by atoms with Gasteiger partial charge in [-0.2, -0.15) is 13.2 Å². The first-order chi connectivity index (χ1) is 16.7. The third-order valence-corrected chi connectivity index (χ3v) is 5.85. The number of hydrogen-bond acceptors (Lipinski definition) is 5. The van der Waals surface area contributed by atoms with Crippen LogP contribution >= 0.6 is 0 Å². The highest BCUT2D eigenvalue weighted by molar-refractivity contribution is 5.96. The second kappa shape index (κ2) is 10.1. The third-order valence-electron chi connectivity index (χ3n) is 5.85. The van der Waals surface area contributed by atoms with Crippen molar-refractivity contribution in [2.45, 2.75) is 25.1 Å². The highest BCUT2D eigenvalue weighted by Gasteiger charge is 2.30. The van der Waals surface area contributed by atoms with Crippen LogP contribution in [-0.4, -0.2) is 53.2 Å². The van der Waals surface area contributed by atoms with E-state index in [-0.39, 0.29) is 17.5 Å². The van der Waals surface area contributed by atoms with Gasteiger partial charge < -0.3 is 15.0 Å². The van der Waals surface area contributed by atoms with E-state index in [1.54, 1.807) is 35.2 Å². The summed E-state index contributed by atoms with van der Waals surface area (Å²) in [6, 6.07) is 14.5. The number of halogens is 3. The molecule has 0 unspecified atom stereocenters. The zero-order chi connectivity index (χ0) is 25.0. The summed E-state index contributed by atoms with van der Waals surface area (Å²) >= 11 is 0. The fourth-order valence-electron chi connectivity index (χ4n) is 3.88. The first kappa shape index (κ1) is 24.2. The van der Waals surface area contributed by atoms with E-state index in [2.05, 4.69) is 15.5 Å². The van der Waals surface area contributed by atoms with Crippen molar-refractivity contribution in [1.29, 1.82) is 0 Å². The molecule has 4 rings (SSSR count). The zero-order valence-electron chi connectivity index (χ0n) is 18.9. The molecule has 0 radical (unpaired) electrons. The van der Waals surface area contributed by atoms with Crippen LogP contribution in [0, 0.1) is 0 Å². The van der Waals surface area contributed by atoms with E-state index >= 15 is 0 Å². The topological polar surface area (TPSA) is 84.4 Å². The quantitative estimate of drug-likeness (QED) is 0.587. The minimum Gasteiger partial charge on any atom is -0.480 e. The normalized spacial score (nSPS) is 14.5. The van der Waals surface area contributed by atoms with Crippen molar-refractivity contribution in [3.63, 3.8) is 0 Å². The van der Waals surface area contributed by atoms with E-state index in [0.29, 0.717) is 43.1 Å². The third kappa shape index (κ3) is 5.76. The van der Waals surface area contributed by atoms with Crippen molar-refractivity contribution in [3.05, 3.63) is 77.4 Å². The minimum absolute atomic E-state index is 0.124. The Hall–Kier alpha value is -3.95. The molecule has 0 bridgehead atoms. The van der Waals surface area contributed by atoms with Gasteiger partial charge in [0.25, 0.3) is 11.8 Å². The van der Waals surface area contributed by atoms with Crippen LogP contribution in [0.3, 0.4) is 0 Å². The number of nitrogens with zero attached hydrogens (tertiary/aromatic N) is 3. The van der Waals surface area contributed by atoms with Crippen LogP contribution in [-0.2, 0) is 6.18 Å². The SMILES string of the molecule is COc1ccc(-c2cccc(C(=O)N3CCC(NC(=O)c4ccc(C(F)(F)F)cc4)CC3)c2)nn1. The number of rotatable bonds is 5. The Labute approximate surface area is 199 Å². The van der Waals surface area contributed by atoms with Crippen LogP contribution in [0.15, 0.2) is 60.7 Å². The fourth-order valence-corrected chi connectivity index (χ4v) is 3.88. The van der Waals surface area contributed by atoms with Gasteiger partial charge in [0.2, 0.25) is 5.88 Å². The highest BCUT2D eigenvalue weighted by atomic mass is 19.4. The van der Waals surface area contributed by atoms with Gasteiger partial charge in [0.05, 0.1) is 18.4 Å². The predicted octanol–water partition coefficient (Wildman–Crippen LogP) is 4.21. The molecule has 2 amide bonds. The molecule has 1 fully saturated rings. The van der Waals surface area contributed by atoms with Gasteiger partial charge in [0, 0.05) is 41.9 Å². The van der Waals surface area contributed by atoms with Gasteiger partial charge >= 0.3 is 6.18 Å². The fraction of sp³-hybridized carbons (Fsp3) is 0.280. The molecule has 1 aliphatic rings. The molecule has 10 heteroatoms. The molecule has 2 heterocycles. The molecule has 3 aromatic rings. The summed E-state index contributed by atoms with van der Waals surface area (Å²) in [6.07, 6.45) is -3.36. The lowest BCUT2D eigenvalue weighted by Gasteiger charge is -2.32. The lowest BCUT2D eigenvalue weighted by atomic mass is 10.0. The Morgan fingerprint density at radius 3 is 2.29 bits per heavy atom. The number of piperidine rings is 1. The molecular formula is C25H23F3N4O3. The van der Waals surface area contributed by atoms with E-state index < -0.39 is 17.6 Å². The van der Waals surface area contributed by atoms with E-state index in [0.717, 1.165) is 29.8 Å². The number of hydrogen-bond donors (Lipinski definition) is 1. The Morgan fingerprint density at radius 2 is 1.69 bits per heavy atom. The zero-order valence-corrected chi connectivity index (χ0v) is 18.9. The van der Waals surface area contributed by atoms with Crippen molar-refractivity contribution in [3.8, 4) is 17.1 Å². The summed E-state index contributed by atoms with van der Waals surface area (Å²) in [4.78, 5) is 27.2. The van der Waals surface area contributed by atoms with E-state index in [9.17, 15) is 22.8 Å². The maximum Gasteiger partial charge on any atom is 0.416 e. The van der Waals surface area contributed by atoms with Gasteiger partial charge in [-0.05, 0) is 55.3 Å². The molecule has 2 aromatic carbocycles. The number of amides is 2. The average Bonchev–Trinajstić information content (AvgIpc) is 2.88. The smallest absolute Gasteiger partial charge is 0.416 e. The first-order valence-electron chi connectivity index (χ1n) is 11.0. The van der Waals surface area contributed by atoms with Crippen LogP contribution in [0.2, 0.25) is 0 Å². The first-order valence-corrected chi connectivity index (χ1v) is 11.0. The van der Waals surface area contributed by atoms with Crippen LogP contribution in [0.25, 0.3) is 11.3 Å². The second-order valence-corrected chi connectivity index (χ2v) is 8.16. The Bertz CT molecular complexity index is 1190. The largest absolute Gasteiger partial charge is 0.480 e. The number of alkyl halides is 3. The molecular weight excluding hydrogens is 461 g/mol. The summed E-state index contributed by atoms with van der Waals surface area (Å²) in [7, 11) is 1.51. The molecule has 1 aliphatic heterocycles. The van der Waals surface area contributed by atoms with Gasteiger partial charge in [0.15, 0.2) is 0 Å². The Kier molecular flexibility index (Phi) is 6.99. The number of benzene rings is 2. The summed E-state index contributed by atoms with van der Waals surface area (Å²) in [5.41, 5.74) is 1.25. The van der Waals surface area contributed by atoms with Gasteiger partial charge in [0.1, 0.15) is 0 Å². The monoisotopic (exact) mass is 484 g/mol. The van der Waals surface area contributed by atoms with Crippen LogP contribution in [0.1, 0.15) is 39.1 Å². The lowest BCUT2D eigenvalue weighted by molar-refractivity contribution is -0.137. The maximum absolute atomic E-state index is 13.0. The molecule has 0 saturated carbocycles. The number of methoxy groups -OCH3 is 1. The molecule has 1 saturated heterocycles. The minimum atomic E-state index is -4.45. The van der Waals surface area contributed by atoms with Crippen molar-refractivity contribution < 1.29 is 27.5 Å². The van der Waals surface area contributed by atoms with Crippen molar-refractivity contribution in [2.75, 3.05) is 20.2 Å². The van der Waals surface area contributed by atoms with Crippen molar-refractivity contribution in [1.82, 2.24) is 20.4 Å². The number of carbonyl (C=O) groups excluding carboxylic acids is 2. The predicted molar refractivity (Wildman–Crippen MR) is 122 cm³/mol. The summed E-state index contributed by atoms with van der Waals surface area (Å²) < 4.78 is 43.2. The maximum atomic E-state index is 13.0. The second-order valence-electron chi connectivity index (χ2n) is 8.16.